The first kappa shape index (κ1) is 11.3. The van der Waals surface area contributed by atoms with Crippen LogP contribution in [-0.2, 0) is 5.79 Å². The quantitative estimate of drug-likeness (QED) is 0.720. The summed E-state index contributed by atoms with van der Waals surface area (Å²) in [6, 6.07) is 4.30. The smallest absolute Gasteiger partial charge is 0.355 e. The van der Waals surface area contributed by atoms with E-state index >= 15 is 0 Å². The Morgan fingerprint density at radius 2 is 1.71 bits per heavy atom. The Morgan fingerprint density at radius 1 is 1.14 bits per heavy atom. The molecule has 1 aromatic rings. The Hall–Kier alpha value is -0.780. The van der Waals surface area contributed by atoms with Crippen molar-refractivity contribution in [2.24, 2.45) is 0 Å². The maximum Gasteiger partial charge on any atom is 0.447 e. The van der Waals surface area contributed by atoms with Crippen molar-refractivity contribution in [1.29, 1.82) is 0 Å². The van der Waals surface area contributed by atoms with Gasteiger partial charge in [-0.25, -0.2) is 0 Å². The van der Waals surface area contributed by atoms with Crippen LogP contribution >= 0.6 is 11.6 Å². The van der Waals surface area contributed by atoms with E-state index in [-0.39, 0.29) is 5.02 Å². The lowest BCUT2D eigenvalue weighted by molar-refractivity contribution is -0.358. The minimum absolute atomic E-state index is 0.000718. The summed E-state index contributed by atoms with van der Waals surface area (Å²) in [5.74, 6) is -3.86. The zero-order valence-electron chi connectivity index (χ0n) is 6.72. The van der Waals surface area contributed by atoms with Crippen LogP contribution in [0.15, 0.2) is 24.3 Å². The van der Waals surface area contributed by atoms with E-state index in [2.05, 4.69) is 0 Å². The zero-order chi connectivity index (χ0) is 11.0. The van der Waals surface area contributed by atoms with Crippen LogP contribution in [0.4, 0.5) is 13.2 Å². The minimum Gasteiger partial charge on any atom is -0.355 e. The molecule has 1 aromatic carbocycles. The monoisotopic (exact) mass is 226 g/mol. The van der Waals surface area contributed by atoms with Gasteiger partial charge in [0.15, 0.2) is 0 Å². The van der Waals surface area contributed by atoms with Crippen LogP contribution in [-0.4, -0.2) is 16.4 Å². The van der Waals surface area contributed by atoms with E-state index in [1.54, 1.807) is 0 Å². The molecule has 0 saturated heterocycles. The average molecular weight is 227 g/mol. The highest BCUT2D eigenvalue weighted by Gasteiger charge is 2.54. The van der Waals surface area contributed by atoms with E-state index in [4.69, 9.17) is 21.8 Å². The predicted octanol–water partition coefficient (Wildman–Crippen LogP) is 2.04. The van der Waals surface area contributed by atoms with Crippen molar-refractivity contribution < 1.29 is 23.4 Å². The fourth-order valence-corrected chi connectivity index (χ4v) is 1.06. The van der Waals surface area contributed by atoms with Crippen LogP contribution in [0.3, 0.4) is 0 Å². The highest BCUT2D eigenvalue weighted by Crippen LogP contribution is 2.36. The van der Waals surface area contributed by atoms with Crippen molar-refractivity contribution >= 4 is 11.6 Å². The van der Waals surface area contributed by atoms with Crippen LogP contribution < -0.4 is 0 Å². The van der Waals surface area contributed by atoms with Gasteiger partial charge in [-0.1, -0.05) is 23.7 Å². The first-order chi connectivity index (χ1) is 6.25. The van der Waals surface area contributed by atoms with E-state index in [0.29, 0.717) is 0 Å². The Bertz CT molecular complexity index is 336. The molecule has 0 radical (unpaired) electrons. The van der Waals surface area contributed by atoms with Crippen molar-refractivity contribution in [3.63, 3.8) is 0 Å². The summed E-state index contributed by atoms with van der Waals surface area (Å²) in [5.41, 5.74) is -0.711. The van der Waals surface area contributed by atoms with Gasteiger partial charge in [0, 0.05) is 10.6 Å². The fourth-order valence-electron chi connectivity index (χ4n) is 0.869. The second-order valence-electron chi connectivity index (χ2n) is 2.68. The Kier molecular flexibility index (Phi) is 2.76. The van der Waals surface area contributed by atoms with E-state index in [0.717, 1.165) is 12.1 Å². The summed E-state index contributed by atoms with van der Waals surface area (Å²) in [7, 11) is 0. The number of aliphatic hydroxyl groups is 2. The van der Waals surface area contributed by atoms with E-state index in [1.807, 2.05) is 0 Å². The normalized spacial score (nSPS) is 13.0. The van der Waals surface area contributed by atoms with E-state index in [1.165, 1.54) is 12.1 Å². The molecule has 6 heteroatoms. The maximum absolute atomic E-state index is 12.1. The van der Waals surface area contributed by atoms with Crippen molar-refractivity contribution in [3.8, 4) is 0 Å². The lowest BCUT2D eigenvalue weighted by Gasteiger charge is -2.24. The first-order valence-electron chi connectivity index (χ1n) is 3.52. The predicted molar refractivity (Wildman–Crippen MR) is 43.6 cm³/mol. The third-order valence-electron chi connectivity index (χ3n) is 1.62. The summed E-state index contributed by atoms with van der Waals surface area (Å²) in [5, 5.41) is 17.6. The molecule has 0 bridgehead atoms. The minimum atomic E-state index is -5.16. The van der Waals surface area contributed by atoms with E-state index in [9.17, 15) is 13.2 Å². The molecular weight excluding hydrogens is 221 g/mol. The molecule has 0 saturated carbocycles. The number of alkyl halides is 3. The fraction of sp³-hybridized carbons (Fsp3) is 0.250. The highest BCUT2D eigenvalue weighted by molar-refractivity contribution is 6.30. The van der Waals surface area contributed by atoms with Crippen molar-refractivity contribution in [1.82, 2.24) is 0 Å². The molecule has 0 atom stereocenters. The Balaban J connectivity index is 3.16. The molecule has 0 aliphatic rings. The van der Waals surface area contributed by atoms with Gasteiger partial charge in [0.25, 0.3) is 5.79 Å². The second-order valence-corrected chi connectivity index (χ2v) is 3.12. The molecule has 78 valence electrons. The number of benzene rings is 1. The molecule has 14 heavy (non-hydrogen) atoms. The van der Waals surface area contributed by atoms with Crippen molar-refractivity contribution in [2.45, 2.75) is 12.0 Å². The zero-order valence-corrected chi connectivity index (χ0v) is 7.47. The Morgan fingerprint density at radius 3 is 2.14 bits per heavy atom. The molecule has 0 fully saturated rings. The lowest BCUT2D eigenvalue weighted by atomic mass is 10.1. The summed E-state index contributed by atoms with van der Waals surface area (Å²) >= 11 is 5.41. The van der Waals surface area contributed by atoms with Gasteiger partial charge in [-0.2, -0.15) is 13.2 Å². The van der Waals surface area contributed by atoms with Gasteiger partial charge in [0.2, 0.25) is 0 Å². The third-order valence-corrected chi connectivity index (χ3v) is 1.86. The molecule has 2 N–H and O–H groups in total. The average Bonchev–Trinajstić information content (AvgIpc) is 2.02. The second kappa shape index (κ2) is 3.42. The van der Waals surface area contributed by atoms with Gasteiger partial charge in [-0.05, 0) is 12.1 Å². The topological polar surface area (TPSA) is 40.5 Å². The number of rotatable bonds is 1. The van der Waals surface area contributed by atoms with Gasteiger partial charge in [0.1, 0.15) is 0 Å². The molecule has 0 spiro atoms. The lowest BCUT2D eigenvalue weighted by Crippen LogP contribution is -2.41. The standard InChI is InChI=1S/C8H6ClF3O2/c9-6-3-1-2-5(4-6)7(13,14)8(10,11)12/h1-4,13-14H. The van der Waals surface area contributed by atoms with E-state index < -0.39 is 17.5 Å². The summed E-state index contributed by atoms with van der Waals surface area (Å²) in [6.07, 6.45) is -5.16. The van der Waals surface area contributed by atoms with Gasteiger partial charge >= 0.3 is 6.18 Å². The van der Waals surface area contributed by atoms with Crippen LogP contribution in [0.5, 0.6) is 0 Å². The van der Waals surface area contributed by atoms with Gasteiger partial charge < -0.3 is 10.2 Å². The van der Waals surface area contributed by atoms with Crippen LogP contribution in [0.1, 0.15) is 5.56 Å². The highest BCUT2D eigenvalue weighted by atomic mass is 35.5. The van der Waals surface area contributed by atoms with Crippen LogP contribution in [0.25, 0.3) is 0 Å². The maximum atomic E-state index is 12.1. The number of halogens is 4. The molecule has 0 aliphatic heterocycles. The molecule has 0 heterocycles. The Labute approximate surface area is 82.5 Å². The summed E-state index contributed by atoms with van der Waals surface area (Å²) in [6.45, 7) is 0. The number of hydrogen-bond donors (Lipinski definition) is 2. The molecule has 0 aliphatic carbocycles. The SMILES string of the molecule is OC(O)(c1cccc(Cl)c1)C(F)(F)F. The first-order valence-corrected chi connectivity index (χ1v) is 3.90. The van der Waals surface area contributed by atoms with Crippen LogP contribution in [0.2, 0.25) is 5.02 Å². The van der Waals surface area contributed by atoms with Crippen molar-refractivity contribution in [2.75, 3.05) is 0 Å². The summed E-state index contributed by atoms with van der Waals surface area (Å²) < 4.78 is 36.3. The van der Waals surface area contributed by atoms with Gasteiger partial charge in [0.05, 0.1) is 0 Å². The largest absolute Gasteiger partial charge is 0.447 e. The molecule has 1 rings (SSSR count). The number of hydrogen-bond acceptors (Lipinski definition) is 2. The van der Waals surface area contributed by atoms with Crippen LogP contribution in [0, 0.1) is 0 Å². The molecule has 0 unspecified atom stereocenters. The van der Waals surface area contributed by atoms with Gasteiger partial charge in [-0.15, -0.1) is 0 Å². The molecule has 0 amide bonds. The molecular formula is C8H6ClF3O2. The molecule has 2 nitrogen and oxygen atoms in total. The van der Waals surface area contributed by atoms with Crippen molar-refractivity contribution in [3.05, 3.63) is 34.9 Å². The summed E-state index contributed by atoms with van der Waals surface area (Å²) in [4.78, 5) is 0. The van der Waals surface area contributed by atoms with Gasteiger partial charge in [-0.3, -0.25) is 0 Å². The third kappa shape index (κ3) is 2.00. The molecule has 0 aromatic heterocycles.